The molecule has 0 unspecified atom stereocenters. The number of rotatable bonds is 1. The van der Waals surface area contributed by atoms with Crippen LogP contribution in [0.25, 0.3) is 0 Å². The third kappa shape index (κ3) is 1.49. The highest BCUT2D eigenvalue weighted by Crippen LogP contribution is 2.26. The number of hydrogen-bond acceptors (Lipinski definition) is 3. The molecule has 2 N–H and O–H groups in total. The lowest BCUT2D eigenvalue weighted by molar-refractivity contribution is -0.0720. The first-order valence-electron chi connectivity index (χ1n) is 4.87. The van der Waals surface area contributed by atoms with Crippen LogP contribution in [0.3, 0.4) is 0 Å². The molecule has 3 nitrogen and oxygen atoms in total. The average Bonchev–Trinajstić information content (AvgIpc) is 2.01. The molecule has 3 heteroatoms. The van der Waals surface area contributed by atoms with Crippen molar-refractivity contribution < 1.29 is 10.2 Å². The second-order valence-electron chi connectivity index (χ2n) is 4.03. The summed E-state index contributed by atoms with van der Waals surface area (Å²) in [5.74, 6) is 0. The van der Waals surface area contributed by atoms with Crippen LogP contribution in [0, 0.1) is 0 Å². The Bertz CT molecular complexity index is 157. The predicted molar refractivity (Wildman–Crippen MR) is 45.8 cm³/mol. The zero-order chi connectivity index (χ0) is 8.55. The molecule has 0 aromatic heterocycles. The number of aliphatic hydroxyl groups excluding tert-OH is 2. The summed E-state index contributed by atoms with van der Waals surface area (Å²) >= 11 is 0. The van der Waals surface area contributed by atoms with Crippen LogP contribution < -0.4 is 0 Å². The van der Waals surface area contributed by atoms with Crippen LogP contribution in [0.4, 0.5) is 0 Å². The van der Waals surface area contributed by atoms with Gasteiger partial charge in [-0.1, -0.05) is 12.8 Å². The average molecular weight is 171 g/mol. The Labute approximate surface area is 73.0 Å². The van der Waals surface area contributed by atoms with Crippen LogP contribution in [-0.4, -0.2) is 46.5 Å². The van der Waals surface area contributed by atoms with Gasteiger partial charge in [0, 0.05) is 19.1 Å². The normalized spacial score (nSPS) is 39.5. The number of nitrogens with zero attached hydrogens (tertiary/aromatic N) is 1. The van der Waals surface area contributed by atoms with E-state index in [1.807, 2.05) is 0 Å². The van der Waals surface area contributed by atoms with E-state index in [2.05, 4.69) is 4.90 Å². The summed E-state index contributed by atoms with van der Waals surface area (Å²) in [6.07, 6.45) is 4.15. The fourth-order valence-corrected chi connectivity index (χ4v) is 2.28. The van der Waals surface area contributed by atoms with Crippen LogP contribution in [0.5, 0.6) is 0 Å². The number of hydrogen-bond donors (Lipinski definition) is 2. The molecule has 0 aromatic carbocycles. The summed E-state index contributed by atoms with van der Waals surface area (Å²) in [5.41, 5.74) is 0. The van der Waals surface area contributed by atoms with E-state index in [1.165, 1.54) is 6.42 Å². The van der Waals surface area contributed by atoms with Crippen LogP contribution in [0.1, 0.15) is 25.7 Å². The molecule has 2 rings (SSSR count). The molecule has 2 fully saturated rings. The molecule has 0 bridgehead atoms. The van der Waals surface area contributed by atoms with E-state index < -0.39 is 0 Å². The zero-order valence-electron chi connectivity index (χ0n) is 7.32. The van der Waals surface area contributed by atoms with E-state index in [-0.39, 0.29) is 12.2 Å². The topological polar surface area (TPSA) is 43.7 Å². The molecule has 70 valence electrons. The van der Waals surface area contributed by atoms with Gasteiger partial charge in [0.05, 0.1) is 12.2 Å². The maximum absolute atomic E-state index is 9.67. The Balaban J connectivity index is 1.85. The van der Waals surface area contributed by atoms with E-state index >= 15 is 0 Å². The van der Waals surface area contributed by atoms with Crippen molar-refractivity contribution in [1.82, 2.24) is 4.90 Å². The molecule has 1 aliphatic carbocycles. The SMILES string of the molecule is OC1CN([C@@H]2CCCC[C@@H]2O)C1. The largest absolute Gasteiger partial charge is 0.391 e. The molecule has 1 heterocycles. The summed E-state index contributed by atoms with van der Waals surface area (Å²) in [6.45, 7) is 1.53. The minimum atomic E-state index is -0.147. The molecule has 12 heavy (non-hydrogen) atoms. The summed E-state index contributed by atoms with van der Waals surface area (Å²) in [6, 6.07) is 0.335. The Morgan fingerprint density at radius 2 is 1.67 bits per heavy atom. The third-order valence-electron chi connectivity index (χ3n) is 3.05. The number of aliphatic hydroxyl groups is 2. The van der Waals surface area contributed by atoms with Crippen molar-refractivity contribution in [3.63, 3.8) is 0 Å². The third-order valence-corrected chi connectivity index (χ3v) is 3.05. The fraction of sp³-hybridized carbons (Fsp3) is 1.00. The first kappa shape index (κ1) is 8.48. The van der Waals surface area contributed by atoms with Gasteiger partial charge in [-0.3, -0.25) is 4.90 Å². The zero-order valence-corrected chi connectivity index (χ0v) is 7.32. The number of likely N-dealkylation sites (tertiary alicyclic amines) is 1. The summed E-state index contributed by atoms with van der Waals surface area (Å²) in [5, 5.41) is 18.8. The van der Waals surface area contributed by atoms with Gasteiger partial charge in [-0.2, -0.15) is 0 Å². The quantitative estimate of drug-likeness (QED) is 0.582. The van der Waals surface area contributed by atoms with Gasteiger partial charge in [-0.05, 0) is 12.8 Å². The molecular formula is C9H17NO2. The smallest absolute Gasteiger partial charge is 0.0794 e. The first-order chi connectivity index (χ1) is 5.77. The molecule has 0 radical (unpaired) electrons. The maximum Gasteiger partial charge on any atom is 0.0794 e. The van der Waals surface area contributed by atoms with E-state index in [1.54, 1.807) is 0 Å². The summed E-state index contributed by atoms with van der Waals surface area (Å²) in [4.78, 5) is 2.20. The van der Waals surface area contributed by atoms with E-state index in [0.29, 0.717) is 6.04 Å². The minimum Gasteiger partial charge on any atom is -0.391 e. The van der Waals surface area contributed by atoms with Crippen LogP contribution in [-0.2, 0) is 0 Å². The van der Waals surface area contributed by atoms with Crippen molar-refractivity contribution in [3.8, 4) is 0 Å². The van der Waals surface area contributed by atoms with E-state index in [0.717, 1.165) is 32.4 Å². The minimum absolute atomic E-state index is 0.140. The summed E-state index contributed by atoms with van der Waals surface area (Å²) < 4.78 is 0. The second kappa shape index (κ2) is 3.32. The highest BCUT2D eigenvalue weighted by atomic mass is 16.3. The van der Waals surface area contributed by atoms with Crippen molar-refractivity contribution in [2.24, 2.45) is 0 Å². The van der Waals surface area contributed by atoms with Gasteiger partial charge in [0.1, 0.15) is 0 Å². The fourth-order valence-electron chi connectivity index (χ4n) is 2.28. The van der Waals surface area contributed by atoms with Gasteiger partial charge < -0.3 is 10.2 Å². The lowest BCUT2D eigenvalue weighted by Gasteiger charge is -2.45. The monoisotopic (exact) mass is 171 g/mol. The van der Waals surface area contributed by atoms with Gasteiger partial charge in [0.25, 0.3) is 0 Å². The molecule has 0 aromatic rings. The molecule has 1 aliphatic heterocycles. The lowest BCUT2D eigenvalue weighted by Crippen LogP contribution is -2.59. The first-order valence-corrected chi connectivity index (χ1v) is 4.87. The van der Waals surface area contributed by atoms with Gasteiger partial charge in [-0.15, -0.1) is 0 Å². The van der Waals surface area contributed by atoms with Gasteiger partial charge >= 0.3 is 0 Å². The Morgan fingerprint density at radius 1 is 1.00 bits per heavy atom. The Kier molecular flexibility index (Phi) is 2.35. The van der Waals surface area contributed by atoms with Crippen molar-refractivity contribution >= 4 is 0 Å². The molecule has 2 aliphatic rings. The number of β-amino-alcohol motifs (C(OH)–C–C–N with tert-alkyl or cyclic N) is 1. The van der Waals surface area contributed by atoms with E-state index in [4.69, 9.17) is 5.11 Å². The second-order valence-corrected chi connectivity index (χ2v) is 4.03. The van der Waals surface area contributed by atoms with Crippen LogP contribution >= 0.6 is 0 Å². The van der Waals surface area contributed by atoms with Gasteiger partial charge in [-0.25, -0.2) is 0 Å². The highest BCUT2D eigenvalue weighted by Gasteiger charge is 2.35. The van der Waals surface area contributed by atoms with Crippen molar-refractivity contribution in [3.05, 3.63) is 0 Å². The van der Waals surface area contributed by atoms with Crippen molar-refractivity contribution in [2.75, 3.05) is 13.1 Å². The summed E-state index contributed by atoms with van der Waals surface area (Å²) in [7, 11) is 0. The Hall–Kier alpha value is -0.120. The maximum atomic E-state index is 9.67. The molecule has 1 saturated carbocycles. The van der Waals surface area contributed by atoms with Crippen LogP contribution in [0.2, 0.25) is 0 Å². The predicted octanol–water partition coefficient (Wildman–Crippen LogP) is -0.0336. The lowest BCUT2D eigenvalue weighted by atomic mass is 9.89. The van der Waals surface area contributed by atoms with Gasteiger partial charge in [0.2, 0.25) is 0 Å². The molecule has 0 amide bonds. The van der Waals surface area contributed by atoms with Crippen molar-refractivity contribution in [2.45, 2.75) is 43.9 Å². The Morgan fingerprint density at radius 3 is 2.25 bits per heavy atom. The van der Waals surface area contributed by atoms with E-state index in [9.17, 15) is 5.11 Å². The highest BCUT2D eigenvalue weighted by molar-refractivity contribution is 4.90. The molecular weight excluding hydrogens is 154 g/mol. The molecule has 1 saturated heterocycles. The molecule has 2 atom stereocenters. The van der Waals surface area contributed by atoms with Gasteiger partial charge in [0.15, 0.2) is 0 Å². The molecule has 0 spiro atoms. The van der Waals surface area contributed by atoms with Crippen LogP contribution in [0.15, 0.2) is 0 Å². The standard InChI is InChI=1S/C9H17NO2/c11-7-5-10(6-7)8-3-1-2-4-9(8)12/h7-9,11-12H,1-6H2/t8-,9+/m1/s1. The van der Waals surface area contributed by atoms with Crippen molar-refractivity contribution in [1.29, 1.82) is 0 Å².